The number of nitrogens with two attached hydrogens (primary N) is 1. The molecule has 0 fully saturated rings. The van der Waals surface area contributed by atoms with Gasteiger partial charge in [-0.15, -0.1) is 0 Å². The van der Waals surface area contributed by atoms with Crippen molar-refractivity contribution in [3.8, 4) is 0 Å². The highest BCUT2D eigenvalue weighted by atomic mass is 35.5. The summed E-state index contributed by atoms with van der Waals surface area (Å²) in [5, 5.41) is 4.16. The van der Waals surface area contributed by atoms with Crippen LogP contribution in [-0.4, -0.2) is 6.54 Å². The molecule has 2 nitrogen and oxygen atoms in total. The molecule has 2 aromatic carbocycles. The van der Waals surface area contributed by atoms with Crippen LogP contribution in [0.4, 0.5) is 5.69 Å². The third-order valence-corrected chi connectivity index (χ3v) is 3.82. The summed E-state index contributed by atoms with van der Waals surface area (Å²) in [5.74, 6) is 0. The van der Waals surface area contributed by atoms with Gasteiger partial charge >= 0.3 is 0 Å². The Balaban J connectivity index is 2.18. The lowest BCUT2D eigenvalue weighted by Gasteiger charge is -2.22. The smallest absolute Gasteiger partial charge is 0.0636 e. The molecule has 0 aromatic heterocycles. The van der Waals surface area contributed by atoms with E-state index in [1.54, 1.807) is 0 Å². The molecule has 0 bridgehead atoms. The van der Waals surface area contributed by atoms with Gasteiger partial charge in [-0.1, -0.05) is 62.7 Å². The second kappa shape index (κ2) is 6.50. The van der Waals surface area contributed by atoms with Crippen LogP contribution in [-0.2, 0) is 5.41 Å². The molecule has 0 heterocycles. The number of hydrogen-bond acceptors (Lipinski definition) is 2. The van der Waals surface area contributed by atoms with E-state index in [9.17, 15) is 0 Å². The zero-order valence-electron chi connectivity index (χ0n) is 12.9. The minimum atomic E-state index is 0.0810. The van der Waals surface area contributed by atoms with E-state index in [0.29, 0.717) is 6.54 Å². The maximum Gasteiger partial charge on any atom is 0.0636 e. The van der Waals surface area contributed by atoms with Crippen molar-refractivity contribution in [3.05, 3.63) is 64.7 Å². The molecule has 112 valence electrons. The highest BCUT2D eigenvalue weighted by Gasteiger charge is 2.15. The van der Waals surface area contributed by atoms with Gasteiger partial charge in [-0.3, -0.25) is 0 Å². The molecule has 0 aliphatic carbocycles. The lowest BCUT2D eigenvalue weighted by Crippen LogP contribution is -2.21. The summed E-state index contributed by atoms with van der Waals surface area (Å²) in [6, 6.07) is 16.4. The van der Waals surface area contributed by atoms with Gasteiger partial charge in [0.1, 0.15) is 0 Å². The first-order chi connectivity index (χ1) is 9.90. The number of halogens is 1. The van der Waals surface area contributed by atoms with Crippen LogP contribution in [0.15, 0.2) is 48.5 Å². The van der Waals surface area contributed by atoms with Crippen molar-refractivity contribution < 1.29 is 0 Å². The average molecular weight is 303 g/mol. The number of benzene rings is 2. The van der Waals surface area contributed by atoms with Crippen LogP contribution < -0.4 is 11.1 Å². The lowest BCUT2D eigenvalue weighted by atomic mass is 9.86. The quantitative estimate of drug-likeness (QED) is 0.855. The van der Waals surface area contributed by atoms with Gasteiger partial charge in [0.05, 0.1) is 6.04 Å². The van der Waals surface area contributed by atoms with Crippen LogP contribution in [0.2, 0.25) is 5.02 Å². The van der Waals surface area contributed by atoms with Crippen LogP contribution in [0.3, 0.4) is 0 Å². The second-order valence-electron chi connectivity index (χ2n) is 6.31. The summed E-state index contributed by atoms with van der Waals surface area (Å²) in [6.07, 6.45) is 0. The summed E-state index contributed by atoms with van der Waals surface area (Å²) in [4.78, 5) is 0. The van der Waals surface area contributed by atoms with Crippen LogP contribution in [0.25, 0.3) is 0 Å². The molecule has 0 aliphatic rings. The monoisotopic (exact) mass is 302 g/mol. The van der Waals surface area contributed by atoms with Crippen molar-refractivity contribution in [1.29, 1.82) is 0 Å². The van der Waals surface area contributed by atoms with Crippen molar-refractivity contribution in [1.82, 2.24) is 0 Å². The Morgan fingerprint density at radius 3 is 2.29 bits per heavy atom. The van der Waals surface area contributed by atoms with Crippen LogP contribution in [0, 0.1) is 0 Å². The van der Waals surface area contributed by atoms with Gasteiger partial charge in [-0.25, -0.2) is 0 Å². The third-order valence-electron chi connectivity index (χ3n) is 3.58. The first kappa shape index (κ1) is 15.9. The largest absolute Gasteiger partial charge is 0.377 e. The minimum absolute atomic E-state index is 0.0810. The molecule has 2 aromatic rings. The highest BCUT2D eigenvalue weighted by molar-refractivity contribution is 6.30. The molecule has 0 saturated carbocycles. The molecule has 1 atom stereocenters. The number of anilines is 1. The van der Waals surface area contributed by atoms with Crippen molar-refractivity contribution in [2.45, 2.75) is 32.2 Å². The zero-order chi connectivity index (χ0) is 15.5. The molecule has 3 N–H and O–H groups in total. The van der Waals surface area contributed by atoms with Crippen LogP contribution in [0.5, 0.6) is 0 Å². The molecule has 0 radical (unpaired) electrons. The first-order valence-corrected chi connectivity index (χ1v) is 7.60. The van der Waals surface area contributed by atoms with Crippen molar-refractivity contribution in [2.75, 3.05) is 11.9 Å². The van der Waals surface area contributed by atoms with E-state index in [0.717, 1.165) is 10.7 Å². The molecule has 0 spiro atoms. The van der Waals surface area contributed by atoms with Gasteiger partial charge in [-0.2, -0.15) is 0 Å². The Bertz CT molecular complexity index is 585. The highest BCUT2D eigenvalue weighted by Crippen LogP contribution is 2.26. The predicted molar refractivity (Wildman–Crippen MR) is 92.0 cm³/mol. The van der Waals surface area contributed by atoms with Crippen molar-refractivity contribution in [3.63, 3.8) is 0 Å². The fourth-order valence-corrected chi connectivity index (χ4v) is 2.46. The number of hydrogen-bond donors (Lipinski definition) is 2. The molecule has 1 unspecified atom stereocenters. The molecule has 21 heavy (non-hydrogen) atoms. The van der Waals surface area contributed by atoms with E-state index in [1.165, 1.54) is 11.1 Å². The van der Waals surface area contributed by atoms with Crippen LogP contribution >= 0.6 is 11.6 Å². The van der Waals surface area contributed by atoms with E-state index in [4.69, 9.17) is 17.3 Å². The number of rotatable bonds is 4. The summed E-state index contributed by atoms with van der Waals surface area (Å²) in [5.41, 5.74) is 9.58. The summed E-state index contributed by atoms with van der Waals surface area (Å²) < 4.78 is 0. The van der Waals surface area contributed by atoms with Crippen LogP contribution in [0.1, 0.15) is 37.9 Å². The second-order valence-corrected chi connectivity index (χ2v) is 6.75. The predicted octanol–water partition coefficient (Wildman–Crippen LogP) is 4.75. The van der Waals surface area contributed by atoms with Gasteiger partial charge in [0.2, 0.25) is 0 Å². The molecular weight excluding hydrogens is 280 g/mol. The first-order valence-electron chi connectivity index (χ1n) is 7.23. The fourth-order valence-electron chi connectivity index (χ4n) is 2.27. The van der Waals surface area contributed by atoms with E-state index in [-0.39, 0.29) is 11.5 Å². The maximum atomic E-state index is 6.02. The Kier molecular flexibility index (Phi) is 4.92. The van der Waals surface area contributed by atoms with Crippen molar-refractivity contribution >= 4 is 17.3 Å². The zero-order valence-corrected chi connectivity index (χ0v) is 13.6. The van der Waals surface area contributed by atoms with Gasteiger partial charge in [0.25, 0.3) is 0 Å². The summed E-state index contributed by atoms with van der Waals surface area (Å²) in [6.45, 7) is 7.17. The molecule has 2 rings (SSSR count). The van der Waals surface area contributed by atoms with Crippen molar-refractivity contribution in [2.24, 2.45) is 5.73 Å². The maximum absolute atomic E-state index is 6.02. The number of nitrogens with one attached hydrogen (secondary N) is 1. The van der Waals surface area contributed by atoms with Gasteiger partial charge in [-0.05, 0) is 34.7 Å². The standard InChI is InChI=1S/C18H23ClN2/c1-18(2,3)14-9-7-13(8-10-14)17(12-20)21-16-6-4-5-15(19)11-16/h4-11,17,21H,12,20H2,1-3H3. The van der Waals surface area contributed by atoms with E-state index in [2.05, 4.69) is 50.4 Å². The average Bonchev–Trinajstić information content (AvgIpc) is 2.44. The molecule has 0 amide bonds. The Hall–Kier alpha value is -1.51. The Morgan fingerprint density at radius 1 is 1.10 bits per heavy atom. The normalized spacial score (nSPS) is 13.0. The van der Waals surface area contributed by atoms with E-state index < -0.39 is 0 Å². The summed E-state index contributed by atoms with van der Waals surface area (Å²) in [7, 11) is 0. The van der Waals surface area contributed by atoms with Gasteiger partial charge in [0.15, 0.2) is 0 Å². The van der Waals surface area contributed by atoms with E-state index in [1.807, 2.05) is 24.3 Å². The molecule has 0 saturated heterocycles. The summed E-state index contributed by atoms with van der Waals surface area (Å²) >= 11 is 6.02. The molecular formula is C18H23ClN2. The van der Waals surface area contributed by atoms with Gasteiger partial charge < -0.3 is 11.1 Å². The third kappa shape index (κ3) is 4.23. The van der Waals surface area contributed by atoms with Gasteiger partial charge in [0, 0.05) is 17.3 Å². The SMILES string of the molecule is CC(C)(C)c1ccc(C(CN)Nc2cccc(Cl)c2)cc1. The topological polar surface area (TPSA) is 38.0 Å². The lowest BCUT2D eigenvalue weighted by molar-refractivity contribution is 0.589. The fraction of sp³-hybridized carbons (Fsp3) is 0.333. The molecule has 3 heteroatoms. The Morgan fingerprint density at radius 2 is 1.76 bits per heavy atom. The van der Waals surface area contributed by atoms with E-state index >= 15 is 0 Å². The Labute approximate surface area is 132 Å². The molecule has 0 aliphatic heterocycles. The minimum Gasteiger partial charge on any atom is -0.377 e.